The van der Waals surface area contributed by atoms with Gasteiger partial charge in [0.25, 0.3) is 0 Å². The van der Waals surface area contributed by atoms with Gasteiger partial charge in [-0.05, 0) is 37.8 Å². The van der Waals surface area contributed by atoms with Crippen molar-refractivity contribution < 1.29 is 9.32 Å². The van der Waals surface area contributed by atoms with Crippen molar-refractivity contribution in [2.45, 2.75) is 43.6 Å². The zero-order chi connectivity index (χ0) is 16.5. The van der Waals surface area contributed by atoms with E-state index in [1.807, 2.05) is 30.3 Å². The van der Waals surface area contributed by atoms with Gasteiger partial charge in [-0.25, -0.2) is 0 Å². The van der Waals surface area contributed by atoms with E-state index < -0.39 is 6.04 Å². The van der Waals surface area contributed by atoms with Crippen molar-refractivity contribution in [1.82, 2.24) is 15.0 Å². The molecule has 2 N–H and O–H groups in total. The zero-order valence-corrected chi connectivity index (χ0v) is 13.6. The predicted molar refractivity (Wildman–Crippen MR) is 88.2 cm³/mol. The highest BCUT2D eigenvalue weighted by atomic mass is 16.5. The molecule has 1 amide bonds. The monoisotopic (exact) mass is 326 g/mol. The molecule has 2 fully saturated rings. The van der Waals surface area contributed by atoms with Crippen LogP contribution in [0.3, 0.4) is 0 Å². The van der Waals surface area contributed by atoms with Crippen LogP contribution in [-0.4, -0.2) is 34.0 Å². The summed E-state index contributed by atoms with van der Waals surface area (Å²) in [5, 5.41) is 4.18. The van der Waals surface area contributed by atoms with Gasteiger partial charge in [0.2, 0.25) is 11.8 Å². The van der Waals surface area contributed by atoms with Crippen LogP contribution in [-0.2, 0) is 4.79 Å². The minimum absolute atomic E-state index is 0.195. The number of primary amides is 1. The maximum Gasteiger partial charge on any atom is 0.239 e. The molecule has 1 saturated carbocycles. The van der Waals surface area contributed by atoms with E-state index in [0.717, 1.165) is 56.1 Å². The molecule has 2 aromatic rings. The van der Waals surface area contributed by atoms with E-state index >= 15 is 0 Å². The van der Waals surface area contributed by atoms with E-state index in [1.54, 1.807) is 0 Å². The number of carbonyl (C=O) groups excluding carboxylic acids is 1. The number of aromatic nitrogens is 2. The Labute approximate surface area is 141 Å². The van der Waals surface area contributed by atoms with Gasteiger partial charge in [-0.2, -0.15) is 4.98 Å². The summed E-state index contributed by atoms with van der Waals surface area (Å²) in [6.45, 7) is 1.58. The first kappa shape index (κ1) is 15.3. The second kappa shape index (κ2) is 6.36. The predicted octanol–water partition coefficient (Wildman–Crippen LogP) is 2.35. The molecule has 24 heavy (non-hydrogen) atoms. The molecular weight excluding hydrogens is 304 g/mol. The summed E-state index contributed by atoms with van der Waals surface area (Å²) in [6, 6.07) is 9.33. The number of carbonyl (C=O) groups is 1. The number of benzene rings is 1. The smallest absolute Gasteiger partial charge is 0.239 e. The molecule has 1 aromatic carbocycles. The quantitative estimate of drug-likeness (QED) is 0.911. The van der Waals surface area contributed by atoms with Crippen LogP contribution in [0.15, 0.2) is 34.9 Å². The van der Waals surface area contributed by atoms with E-state index in [9.17, 15) is 4.79 Å². The number of hydrogen-bond donors (Lipinski definition) is 1. The normalized spacial score (nSPS) is 23.1. The first-order chi connectivity index (χ1) is 11.7. The Balaban J connectivity index is 1.53. The molecule has 0 radical (unpaired) electrons. The van der Waals surface area contributed by atoms with Crippen LogP contribution in [0.1, 0.15) is 60.8 Å². The maximum absolute atomic E-state index is 12.1. The molecule has 1 saturated heterocycles. The van der Waals surface area contributed by atoms with Crippen LogP contribution in [0.5, 0.6) is 0 Å². The fraction of sp³-hybridized carbons (Fsp3) is 0.500. The lowest BCUT2D eigenvalue weighted by molar-refractivity contribution is -0.124. The van der Waals surface area contributed by atoms with Crippen molar-refractivity contribution in [3.63, 3.8) is 0 Å². The standard InChI is InChI=1S/C18H22N4O2/c19-16(23)15(12-5-2-1-3-6-12)22-10-4-7-14(11-22)17-20-18(24-21-17)13-8-9-13/h1-3,5-6,13-15H,4,7-11H2,(H2,19,23)/t14-,15-/m1/s1. The topological polar surface area (TPSA) is 85.3 Å². The Morgan fingerprint density at radius 3 is 2.71 bits per heavy atom. The van der Waals surface area contributed by atoms with Gasteiger partial charge in [0, 0.05) is 18.4 Å². The molecule has 6 heteroatoms. The van der Waals surface area contributed by atoms with Crippen molar-refractivity contribution in [2.24, 2.45) is 5.73 Å². The van der Waals surface area contributed by atoms with Crippen molar-refractivity contribution in [1.29, 1.82) is 0 Å². The van der Waals surface area contributed by atoms with Crippen LogP contribution >= 0.6 is 0 Å². The lowest BCUT2D eigenvalue weighted by Gasteiger charge is -2.36. The summed E-state index contributed by atoms with van der Waals surface area (Å²) >= 11 is 0. The van der Waals surface area contributed by atoms with Crippen molar-refractivity contribution >= 4 is 5.91 Å². The zero-order valence-electron chi connectivity index (χ0n) is 13.6. The van der Waals surface area contributed by atoms with Crippen LogP contribution in [0, 0.1) is 0 Å². The summed E-state index contributed by atoms with van der Waals surface area (Å²) < 4.78 is 5.40. The molecule has 2 heterocycles. The van der Waals surface area contributed by atoms with E-state index in [4.69, 9.17) is 10.3 Å². The number of rotatable bonds is 5. The third-order valence-corrected chi connectivity index (χ3v) is 4.95. The number of piperidine rings is 1. The van der Waals surface area contributed by atoms with Gasteiger partial charge in [0.15, 0.2) is 5.82 Å². The number of likely N-dealkylation sites (tertiary alicyclic amines) is 1. The Bertz CT molecular complexity index is 711. The third-order valence-electron chi connectivity index (χ3n) is 4.95. The largest absolute Gasteiger partial charge is 0.368 e. The highest BCUT2D eigenvalue weighted by Crippen LogP contribution is 2.40. The Morgan fingerprint density at radius 1 is 1.21 bits per heavy atom. The van der Waals surface area contributed by atoms with E-state index in [-0.39, 0.29) is 11.8 Å². The Morgan fingerprint density at radius 2 is 2.00 bits per heavy atom. The minimum Gasteiger partial charge on any atom is -0.368 e. The van der Waals surface area contributed by atoms with Crippen LogP contribution in [0.25, 0.3) is 0 Å². The van der Waals surface area contributed by atoms with Gasteiger partial charge >= 0.3 is 0 Å². The summed E-state index contributed by atoms with van der Waals surface area (Å²) in [6.07, 6.45) is 4.31. The first-order valence-corrected chi connectivity index (χ1v) is 8.64. The van der Waals surface area contributed by atoms with E-state index in [1.165, 1.54) is 0 Å². The summed E-state index contributed by atoms with van der Waals surface area (Å²) in [7, 11) is 0. The van der Waals surface area contributed by atoms with Gasteiger partial charge in [-0.1, -0.05) is 35.5 Å². The van der Waals surface area contributed by atoms with Crippen molar-refractivity contribution in [3.05, 3.63) is 47.6 Å². The highest BCUT2D eigenvalue weighted by molar-refractivity contribution is 5.81. The molecule has 1 aromatic heterocycles. The molecule has 2 atom stereocenters. The highest BCUT2D eigenvalue weighted by Gasteiger charge is 2.34. The lowest BCUT2D eigenvalue weighted by atomic mass is 9.94. The van der Waals surface area contributed by atoms with Crippen molar-refractivity contribution in [3.8, 4) is 0 Å². The molecule has 0 spiro atoms. The van der Waals surface area contributed by atoms with E-state index in [0.29, 0.717) is 5.92 Å². The van der Waals surface area contributed by atoms with Crippen molar-refractivity contribution in [2.75, 3.05) is 13.1 Å². The van der Waals surface area contributed by atoms with Gasteiger partial charge in [0.05, 0.1) is 0 Å². The fourth-order valence-corrected chi connectivity index (χ4v) is 3.55. The molecule has 1 aliphatic heterocycles. The molecule has 0 unspecified atom stereocenters. The SMILES string of the molecule is NC(=O)[C@@H](c1ccccc1)N1CCC[C@@H](c2noc(C3CC3)n2)C1. The first-order valence-electron chi connectivity index (χ1n) is 8.64. The van der Waals surface area contributed by atoms with E-state index in [2.05, 4.69) is 15.0 Å². The molecular formula is C18H22N4O2. The second-order valence-electron chi connectivity index (χ2n) is 6.81. The fourth-order valence-electron chi connectivity index (χ4n) is 3.55. The van der Waals surface area contributed by atoms with Crippen LogP contribution < -0.4 is 5.73 Å². The third kappa shape index (κ3) is 3.06. The Hall–Kier alpha value is -2.21. The van der Waals surface area contributed by atoms with Crippen LogP contribution in [0.4, 0.5) is 0 Å². The molecule has 0 bridgehead atoms. The second-order valence-corrected chi connectivity index (χ2v) is 6.81. The average molecular weight is 326 g/mol. The number of nitrogens with two attached hydrogens (primary N) is 1. The van der Waals surface area contributed by atoms with Gasteiger partial charge in [-0.15, -0.1) is 0 Å². The molecule has 2 aliphatic rings. The summed E-state index contributed by atoms with van der Waals surface area (Å²) in [5.74, 6) is 1.90. The van der Waals surface area contributed by atoms with Gasteiger partial charge < -0.3 is 10.3 Å². The summed E-state index contributed by atoms with van der Waals surface area (Å²) in [4.78, 5) is 18.8. The average Bonchev–Trinajstić information content (AvgIpc) is 3.33. The molecule has 1 aliphatic carbocycles. The number of amides is 1. The minimum atomic E-state index is -0.399. The number of nitrogens with zero attached hydrogens (tertiary/aromatic N) is 3. The molecule has 126 valence electrons. The summed E-state index contributed by atoms with van der Waals surface area (Å²) in [5.41, 5.74) is 6.65. The number of hydrogen-bond acceptors (Lipinski definition) is 5. The molecule has 6 nitrogen and oxygen atoms in total. The van der Waals surface area contributed by atoms with Gasteiger partial charge in [0.1, 0.15) is 6.04 Å². The Kier molecular flexibility index (Phi) is 4.06. The maximum atomic E-state index is 12.1. The van der Waals surface area contributed by atoms with Crippen LogP contribution in [0.2, 0.25) is 0 Å². The van der Waals surface area contributed by atoms with Gasteiger partial charge in [-0.3, -0.25) is 9.69 Å². The lowest BCUT2D eigenvalue weighted by Crippen LogP contribution is -2.43. The molecule has 4 rings (SSSR count).